The molecule has 1 aromatic heterocycles. The molecular formula is C20H23N5O2S. The van der Waals surface area contributed by atoms with E-state index in [9.17, 15) is 4.79 Å². The van der Waals surface area contributed by atoms with Gasteiger partial charge in [-0.3, -0.25) is 4.79 Å². The van der Waals surface area contributed by atoms with Crippen molar-refractivity contribution in [2.24, 2.45) is 0 Å². The molecule has 2 aromatic carbocycles. The number of thioether (sulfide) groups is 1. The van der Waals surface area contributed by atoms with Gasteiger partial charge in [-0.25, -0.2) is 4.68 Å². The summed E-state index contributed by atoms with van der Waals surface area (Å²) in [4.78, 5) is 12.3. The van der Waals surface area contributed by atoms with Gasteiger partial charge in [0, 0.05) is 11.3 Å². The second kappa shape index (κ2) is 8.79. The Morgan fingerprint density at radius 3 is 2.64 bits per heavy atom. The largest absolute Gasteiger partial charge is 0.494 e. The molecule has 0 aliphatic carbocycles. The summed E-state index contributed by atoms with van der Waals surface area (Å²) in [7, 11) is 0. The molecule has 1 heterocycles. The molecular weight excluding hydrogens is 374 g/mol. The zero-order valence-electron chi connectivity index (χ0n) is 16.1. The van der Waals surface area contributed by atoms with Crippen LogP contribution in [0.1, 0.15) is 18.1 Å². The molecule has 3 N–H and O–H groups in total. The number of nitrogens with zero attached hydrogens (tertiary/aromatic N) is 3. The van der Waals surface area contributed by atoms with E-state index in [0.717, 1.165) is 28.1 Å². The lowest BCUT2D eigenvalue weighted by atomic mass is 10.1. The number of nitrogens with two attached hydrogens (primary N) is 1. The molecule has 0 bridgehead atoms. The number of hydrogen-bond acceptors (Lipinski definition) is 6. The van der Waals surface area contributed by atoms with Gasteiger partial charge in [0.15, 0.2) is 5.82 Å². The van der Waals surface area contributed by atoms with Crippen LogP contribution in [0, 0.1) is 13.8 Å². The molecule has 8 heteroatoms. The van der Waals surface area contributed by atoms with Gasteiger partial charge in [-0.2, -0.15) is 0 Å². The smallest absolute Gasteiger partial charge is 0.234 e. The molecule has 0 fully saturated rings. The van der Waals surface area contributed by atoms with Crippen LogP contribution >= 0.6 is 11.8 Å². The van der Waals surface area contributed by atoms with Crippen LogP contribution in [0.25, 0.3) is 11.4 Å². The van der Waals surface area contributed by atoms with Crippen molar-refractivity contribution in [2.75, 3.05) is 23.5 Å². The Morgan fingerprint density at radius 1 is 1.18 bits per heavy atom. The summed E-state index contributed by atoms with van der Waals surface area (Å²) in [6.07, 6.45) is 0. The van der Waals surface area contributed by atoms with Gasteiger partial charge in [0.2, 0.25) is 11.1 Å². The molecule has 0 unspecified atom stereocenters. The van der Waals surface area contributed by atoms with Crippen molar-refractivity contribution in [1.82, 2.24) is 14.9 Å². The molecule has 0 aliphatic heterocycles. The summed E-state index contributed by atoms with van der Waals surface area (Å²) in [5.74, 6) is 7.50. The van der Waals surface area contributed by atoms with Gasteiger partial charge < -0.3 is 15.9 Å². The number of amides is 1. The van der Waals surface area contributed by atoms with Crippen molar-refractivity contribution in [3.05, 3.63) is 53.6 Å². The van der Waals surface area contributed by atoms with Gasteiger partial charge in [-0.05, 0) is 62.2 Å². The fourth-order valence-electron chi connectivity index (χ4n) is 2.64. The lowest BCUT2D eigenvalue weighted by Gasteiger charge is -2.10. The maximum Gasteiger partial charge on any atom is 0.234 e. The molecule has 146 valence electrons. The Hall–Kier alpha value is -3.00. The highest BCUT2D eigenvalue weighted by Crippen LogP contribution is 2.24. The third kappa shape index (κ3) is 4.45. The minimum Gasteiger partial charge on any atom is -0.494 e. The predicted molar refractivity (Wildman–Crippen MR) is 112 cm³/mol. The fourth-order valence-corrected chi connectivity index (χ4v) is 3.30. The SMILES string of the molecule is CCOc1ccc(-c2nnc(SCC(=O)Nc3cccc(C)c3C)n2N)cc1. The summed E-state index contributed by atoms with van der Waals surface area (Å²) in [6.45, 7) is 6.54. The third-order valence-electron chi connectivity index (χ3n) is 4.30. The molecule has 0 aliphatic rings. The van der Waals surface area contributed by atoms with Gasteiger partial charge in [-0.15, -0.1) is 10.2 Å². The highest BCUT2D eigenvalue weighted by Gasteiger charge is 2.14. The molecule has 28 heavy (non-hydrogen) atoms. The number of carbonyl (C=O) groups excluding carboxylic acids is 1. The molecule has 3 aromatic rings. The monoisotopic (exact) mass is 397 g/mol. The van der Waals surface area contributed by atoms with Gasteiger partial charge >= 0.3 is 0 Å². The predicted octanol–water partition coefficient (Wildman–Crippen LogP) is 3.41. The number of aryl methyl sites for hydroxylation is 1. The first-order valence-electron chi connectivity index (χ1n) is 8.92. The van der Waals surface area contributed by atoms with Crippen molar-refractivity contribution in [2.45, 2.75) is 25.9 Å². The van der Waals surface area contributed by atoms with E-state index in [1.807, 2.05) is 63.2 Å². The molecule has 3 rings (SSSR count). The Bertz CT molecular complexity index is 969. The molecule has 0 radical (unpaired) electrons. The van der Waals surface area contributed by atoms with E-state index in [1.54, 1.807) is 0 Å². The van der Waals surface area contributed by atoms with Crippen LogP contribution in [0.5, 0.6) is 5.75 Å². The fraction of sp³-hybridized carbons (Fsp3) is 0.250. The minimum atomic E-state index is -0.121. The second-order valence-electron chi connectivity index (χ2n) is 6.22. The Balaban J connectivity index is 1.64. The van der Waals surface area contributed by atoms with Crippen molar-refractivity contribution < 1.29 is 9.53 Å². The van der Waals surface area contributed by atoms with E-state index in [-0.39, 0.29) is 11.7 Å². The Morgan fingerprint density at radius 2 is 1.93 bits per heavy atom. The van der Waals surface area contributed by atoms with E-state index in [1.165, 1.54) is 16.4 Å². The summed E-state index contributed by atoms with van der Waals surface area (Å²) < 4.78 is 6.83. The second-order valence-corrected chi connectivity index (χ2v) is 7.16. The van der Waals surface area contributed by atoms with E-state index in [2.05, 4.69) is 15.5 Å². The van der Waals surface area contributed by atoms with Crippen LogP contribution < -0.4 is 15.9 Å². The van der Waals surface area contributed by atoms with Gasteiger partial charge in [0.05, 0.1) is 12.4 Å². The number of nitrogens with one attached hydrogen (secondary N) is 1. The summed E-state index contributed by atoms with van der Waals surface area (Å²) in [5.41, 5.74) is 3.83. The highest BCUT2D eigenvalue weighted by molar-refractivity contribution is 7.99. The Labute approximate surface area is 168 Å². The average Bonchev–Trinajstić information content (AvgIpc) is 3.05. The zero-order valence-corrected chi connectivity index (χ0v) is 16.9. The van der Waals surface area contributed by atoms with Crippen LogP contribution in [0.15, 0.2) is 47.6 Å². The summed E-state index contributed by atoms with van der Waals surface area (Å²) in [5, 5.41) is 11.6. The summed E-state index contributed by atoms with van der Waals surface area (Å²) in [6, 6.07) is 13.3. The average molecular weight is 398 g/mol. The lowest BCUT2D eigenvalue weighted by molar-refractivity contribution is -0.113. The number of aromatic nitrogens is 3. The molecule has 1 amide bonds. The Kier molecular flexibility index (Phi) is 6.20. The van der Waals surface area contributed by atoms with E-state index in [4.69, 9.17) is 10.6 Å². The number of nitrogen functional groups attached to an aromatic ring is 1. The molecule has 0 spiro atoms. The van der Waals surface area contributed by atoms with Gasteiger partial charge in [-0.1, -0.05) is 23.9 Å². The van der Waals surface area contributed by atoms with Gasteiger partial charge in [0.25, 0.3) is 0 Å². The zero-order chi connectivity index (χ0) is 20.1. The quantitative estimate of drug-likeness (QED) is 0.469. The van der Waals surface area contributed by atoms with Crippen molar-refractivity contribution >= 4 is 23.4 Å². The van der Waals surface area contributed by atoms with Gasteiger partial charge in [0.1, 0.15) is 5.75 Å². The molecule has 0 saturated heterocycles. The van der Waals surface area contributed by atoms with E-state index < -0.39 is 0 Å². The molecule has 7 nitrogen and oxygen atoms in total. The maximum atomic E-state index is 12.3. The highest BCUT2D eigenvalue weighted by atomic mass is 32.2. The van der Waals surface area contributed by atoms with Crippen molar-refractivity contribution in [3.8, 4) is 17.1 Å². The first-order valence-corrected chi connectivity index (χ1v) is 9.90. The molecule has 0 atom stereocenters. The van der Waals surface area contributed by atoms with Crippen LogP contribution in [-0.2, 0) is 4.79 Å². The van der Waals surface area contributed by atoms with E-state index in [0.29, 0.717) is 17.6 Å². The number of carbonyl (C=O) groups is 1. The maximum absolute atomic E-state index is 12.3. The normalized spacial score (nSPS) is 10.7. The van der Waals surface area contributed by atoms with Crippen molar-refractivity contribution in [3.63, 3.8) is 0 Å². The number of ether oxygens (including phenoxy) is 1. The van der Waals surface area contributed by atoms with Crippen LogP contribution in [0.2, 0.25) is 0 Å². The molecule has 0 saturated carbocycles. The first-order chi connectivity index (χ1) is 13.5. The third-order valence-corrected chi connectivity index (χ3v) is 5.24. The van der Waals surface area contributed by atoms with Crippen molar-refractivity contribution in [1.29, 1.82) is 0 Å². The van der Waals surface area contributed by atoms with Crippen LogP contribution in [-0.4, -0.2) is 33.1 Å². The van der Waals surface area contributed by atoms with Crippen LogP contribution in [0.4, 0.5) is 5.69 Å². The first kappa shape index (κ1) is 19.8. The number of hydrogen-bond donors (Lipinski definition) is 2. The number of rotatable bonds is 7. The van der Waals surface area contributed by atoms with Crippen LogP contribution in [0.3, 0.4) is 0 Å². The summed E-state index contributed by atoms with van der Waals surface area (Å²) >= 11 is 1.24. The standard InChI is InChI=1S/C20H23N5O2S/c1-4-27-16-10-8-15(9-11-16)19-23-24-20(25(19)21)28-12-18(26)22-17-7-5-6-13(2)14(17)3/h5-11H,4,12,21H2,1-3H3,(H,22,26). The van der Waals surface area contributed by atoms with E-state index >= 15 is 0 Å². The number of benzene rings is 2. The lowest BCUT2D eigenvalue weighted by Crippen LogP contribution is -2.17. The minimum absolute atomic E-state index is 0.121. The number of anilines is 1. The topological polar surface area (TPSA) is 95.1 Å².